The summed E-state index contributed by atoms with van der Waals surface area (Å²) < 4.78 is 1.58. The van der Waals surface area contributed by atoms with E-state index < -0.39 is 0 Å². The lowest BCUT2D eigenvalue weighted by molar-refractivity contribution is 0.0939. The maximum Gasteiger partial charge on any atom is 0.283 e. The fourth-order valence-electron chi connectivity index (χ4n) is 4.21. The maximum absolute atomic E-state index is 13.2. The molecule has 2 aromatic heterocycles. The monoisotopic (exact) mass is 404 g/mol. The van der Waals surface area contributed by atoms with Crippen molar-refractivity contribution in [1.82, 2.24) is 19.9 Å². The van der Waals surface area contributed by atoms with Crippen molar-refractivity contribution in [3.8, 4) is 0 Å². The number of aryl methyl sites for hydroxylation is 2. The molecule has 1 aliphatic rings. The van der Waals surface area contributed by atoms with Crippen molar-refractivity contribution in [3.63, 3.8) is 0 Å². The Bertz CT molecular complexity index is 1050. The maximum atomic E-state index is 13.2. The predicted octanol–water partition coefficient (Wildman–Crippen LogP) is 3.73. The minimum Gasteiger partial charge on any atom is -0.350 e. The average Bonchev–Trinajstić information content (AvgIpc) is 3.06. The van der Waals surface area contributed by atoms with Crippen molar-refractivity contribution in [3.05, 3.63) is 70.3 Å². The second-order valence-electron chi connectivity index (χ2n) is 8.07. The Hall–Kier alpha value is -3.02. The highest BCUT2D eigenvalue weighted by Gasteiger charge is 2.20. The van der Waals surface area contributed by atoms with Gasteiger partial charge in [-0.1, -0.05) is 56.0 Å². The highest BCUT2D eigenvalue weighted by atomic mass is 16.2. The van der Waals surface area contributed by atoms with Crippen LogP contribution in [0.4, 0.5) is 0 Å². The molecule has 30 heavy (non-hydrogen) atoms. The number of carbonyl (C=O) groups is 1. The van der Waals surface area contributed by atoms with Gasteiger partial charge in [0.05, 0.1) is 0 Å². The molecule has 1 N–H and O–H groups in total. The highest BCUT2D eigenvalue weighted by molar-refractivity contribution is 5.93. The summed E-state index contributed by atoms with van der Waals surface area (Å²) in [6.45, 7) is 1.05. The van der Waals surface area contributed by atoms with Gasteiger partial charge in [-0.25, -0.2) is 9.97 Å². The number of hydrogen-bond donors (Lipinski definition) is 1. The predicted molar refractivity (Wildman–Crippen MR) is 117 cm³/mol. The molecule has 3 aromatic rings. The van der Waals surface area contributed by atoms with E-state index in [1.165, 1.54) is 25.7 Å². The summed E-state index contributed by atoms with van der Waals surface area (Å²) in [4.78, 5) is 34.7. The van der Waals surface area contributed by atoms with Crippen molar-refractivity contribution >= 4 is 17.1 Å². The van der Waals surface area contributed by atoms with E-state index in [1.54, 1.807) is 22.9 Å². The Morgan fingerprint density at radius 1 is 1.03 bits per heavy atom. The number of fused-ring (bicyclic) bond motifs is 1. The molecule has 1 amide bonds. The molecular formula is C24H28N4O2. The SMILES string of the molecule is O=C(NCC1CCCCCC1)c1nc2cccnc2n(CCc2ccccc2)c1=O. The number of amides is 1. The van der Waals surface area contributed by atoms with Gasteiger partial charge < -0.3 is 5.32 Å². The standard InChI is InChI=1S/C24H28N4O2/c29-23(26-17-19-11-4-1-2-5-12-19)21-24(30)28(16-14-18-9-6-3-7-10-18)22-20(27-21)13-8-15-25-22/h3,6-10,13,15,19H,1-2,4-5,11-12,14,16-17H2,(H,26,29). The number of carbonyl (C=O) groups excluding carboxylic acids is 1. The fraction of sp³-hybridized carbons (Fsp3) is 0.417. The zero-order chi connectivity index (χ0) is 20.8. The lowest BCUT2D eigenvalue weighted by Gasteiger charge is -2.15. The fourth-order valence-corrected chi connectivity index (χ4v) is 4.21. The smallest absolute Gasteiger partial charge is 0.283 e. The Morgan fingerprint density at radius 3 is 2.57 bits per heavy atom. The molecule has 0 aliphatic heterocycles. The molecule has 0 saturated heterocycles. The normalized spacial score (nSPS) is 15.1. The van der Waals surface area contributed by atoms with Crippen molar-refractivity contribution in [2.24, 2.45) is 5.92 Å². The summed E-state index contributed by atoms with van der Waals surface area (Å²) in [7, 11) is 0. The minimum atomic E-state index is -0.386. The average molecular weight is 405 g/mol. The van der Waals surface area contributed by atoms with Crippen LogP contribution in [0, 0.1) is 5.92 Å². The van der Waals surface area contributed by atoms with Crippen LogP contribution < -0.4 is 10.9 Å². The van der Waals surface area contributed by atoms with Gasteiger partial charge >= 0.3 is 0 Å². The van der Waals surface area contributed by atoms with E-state index in [2.05, 4.69) is 15.3 Å². The van der Waals surface area contributed by atoms with Gasteiger partial charge in [0.1, 0.15) is 5.52 Å². The minimum absolute atomic E-state index is 0.0443. The summed E-state index contributed by atoms with van der Waals surface area (Å²) >= 11 is 0. The molecule has 1 fully saturated rings. The molecule has 156 valence electrons. The third-order valence-corrected chi connectivity index (χ3v) is 5.91. The van der Waals surface area contributed by atoms with E-state index in [0.29, 0.717) is 36.6 Å². The van der Waals surface area contributed by atoms with Crippen molar-refractivity contribution in [2.45, 2.75) is 51.5 Å². The van der Waals surface area contributed by atoms with Crippen LogP contribution in [0.2, 0.25) is 0 Å². The molecule has 0 radical (unpaired) electrons. The molecule has 0 bridgehead atoms. The summed E-state index contributed by atoms with van der Waals surface area (Å²) in [6, 6.07) is 13.6. The third-order valence-electron chi connectivity index (χ3n) is 5.91. The number of hydrogen-bond acceptors (Lipinski definition) is 4. The lowest BCUT2D eigenvalue weighted by Crippen LogP contribution is -2.37. The van der Waals surface area contributed by atoms with Gasteiger partial charge in [-0.2, -0.15) is 0 Å². The zero-order valence-electron chi connectivity index (χ0n) is 17.2. The van der Waals surface area contributed by atoms with Crippen LogP contribution in [0.25, 0.3) is 11.2 Å². The van der Waals surface area contributed by atoms with Crippen molar-refractivity contribution in [1.29, 1.82) is 0 Å². The van der Waals surface area contributed by atoms with Gasteiger partial charge in [0, 0.05) is 19.3 Å². The van der Waals surface area contributed by atoms with Crippen LogP contribution in [-0.4, -0.2) is 27.0 Å². The Morgan fingerprint density at radius 2 is 1.80 bits per heavy atom. The van der Waals surface area contributed by atoms with E-state index in [1.807, 2.05) is 30.3 Å². The molecule has 2 heterocycles. The van der Waals surface area contributed by atoms with E-state index in [0.717, 1.165) is 18.4 Å². The van der Waals surface area contributed by atoms with Crippen LogP contribution in [0.15, 0.2) is 53.5 Å². The second-order valence-corrected chi connectivity index (χ2v) is 8.07. The van der Waals surface area contributed by atoms with Crippen molar-refractivity contribution in [2.75, 3.05) is 6.54 Å². The molecule has 0 atom stereocenters. The Balaban J connectivity index is 1.57. The van der Waals surface area contributed by atoms with Crippen LogP contribution in [0.1, 0.15) is 54.6 Å². The van der Waals surface area contributed by atoms with E-state index in [-0.39, 0.29) is 17.2 Å². The van der Waals surface area contributed by atoms with Crippen LogP contribution in [-0.2, 0) is 13.0 Å². The number of nitrogens with one attached hydrogen (secondary N) is 1. The van der Waals surface area contributed by atoms with Gasteiger partial charge in [-0.05, 0) is 42.9 Å². The Kier molecular flexibility index (Phi) is 6.52. The molecule has 1 saturated carbocycles. The largest absolute Gasteiger partial charge is 0.350 e. The summed E-state index contributed by atoms with van der Waals surface area (Å²) in [5, 5.41) is 2.97. The first-order valence-electron chi connectivity index (χ1n) is 10.9. The number of pyridine rings is 1. The van der Waals surface area contributed by atoms with E-state index in [4.69, 9.17) is 0 Å². The highest BCUT2D eigenvalue weighted by Crippen LogP contribution is 2.22. The number of rotatable bonds is 6. The van der Waals surface area contributed by atoms with Gasteiger partial charge in [0.2, 0.25) is 0 Å². The van der Waals surface area contributed by atoms with Gasteiger partial charge in [-0.3, -0.25) is 14.2 Å². The van der Waals surface area contributed by atoms with Crippen LogP contribution in [0.5, 0.6) is 0 Å². The number of aromatic nitrogens is 3. The first kappa shape index (κ1) is 20.3. The van der Waals surface area contributed by atoms with Crippen LogP contribution in [0.3, 0.4) is 0 Å². The topological polar surface area (TPSA) is 76.9 Å². The second kappa shape index (κ2) is 9.65. The molecule has 4 rings (SSSR count). The summed E-state index contributed by atoms with van der Waals surface area (Å²) in [6.07, 6.45) is 9.58. The number of benzene rings is 1. The Labute approximate surface area is 176 Å². The van der Waals surface area contributed by atoms with Gasteiger partial charge in [-0.15, -0.1) is 0 Å². The summed E-state index contributed by atoms with van der Waals surface area (Å²) in [5.41, 5.74) is 1.78. The molecule has 6 heteroatoms. The molecule has 1 aliphatic carbocycles. The quantitative estimate of drug-likeness (QED) is 0.635. The summed E-state index contributed by atoms with van der Waals surface area (Å²) in [5.74, 6) is 0.0994. The van der Waals surface area contributed by atoms with Crippen molar-refractivity contribution < 1.29 is 4.79 Å². The molecule has 1 aromatic carbocycles. The van der Waals surface area contributed by atoms with Gasteiger partial charge in [0.25, 0.3) is 11.5 Å². The first-order valence-corrected chi connectivity index (χ1v) is 10.9. The van der Waals surface area contributed by atoms with E-state index >= 15 is 0 Å². The third kappa shape index (κ3) is 4.75. The lowest BCUT2D eigenvalue weighted by atomic mass is 10.0. The zero-order valence-corrected chi connectivity index (χ0v) is 17.2. The van der Waals surface area contributed by atoms with Crippen LogP contribution >= 0.6 is 0 Å². The molecular weight excluding hydrogens is 376 g/mol. The first-order chi connectivity index (χ1) is 14.7. The number of nitrogens with zero attached hydrogens (tertiary/aromatic N) is 3. The van der Waals surface area contributed by atoms with E-state index in [9.17, 15) is 9.59 Å². The molecule has 6 nitrogen and oxygen atoms in total. The molecule has 0 unspecified atom stereocenters. The molecule has 0 spiro atoms. The van der Waals surface area contributed by atoms with Gasteiger partial charge in [0.15, 0.2) is 11.3 Å².